The lowest BCUT2D eigenvalue weighted by Gasteiger charge is -2.40. The molecule has 4 aromatic rings. The molecule has 0 radical (unpaired) electrons. The Bertz CT molecular complexity index is 1660. The summed E-state index contributed by atoms with van der Waals surface area (Å²) in [6, 6.07) is 16.2. The minimum absolute atomic E-state index is 0.0116. The summed E-state index contributed by atoms with van der Waals surface area (Å²) in [5.74, 6) is -0.451. The highest BCUT2D eigenvalue weighted by molar-refractivity contribution is 5.87. The lowest BCUT2D eigenvalue weighted by atomic mass is 9.98. The molecular formula is C32H31F3N4O5. The van der Waals surface area contributed by atoms with Crippen molar-refractivity contribution in [1.29, 1.82) is 0 Å². The van der Waals surface area contributed by atoms with E-state index in [1.165, 1.54) is 16.8 Å². The third-order valence-corrected chi connectivity index (χ3v) is 8.85. The Hall–Kier alpha value is -4.32. The molecule has 4 heterocycles. The van der Waals surface area contributed by atoms with Gasteiger partial charge in [0.2, 0.25) is 0 Å². The Morgan fingerprint density at radius 2 is 1.75 bits per heavy atom. The van der Waals surface area contributed by atoms with E-state index in [9.17, 15) is 23.1 Å². The van der Waals surface area contributed by atoms with E-state index in [4.69, 9.17) is 9.26 Å². The fourth-order valence-corrected chi connectivity index (χ4v) is 6.71. The van der Waals surface area contributed by atoms with Crippen molar-refractivity contribution >= 4 is 11.7 Å². The van der Waals surface area contributed by atoms with Crippen LogP contribution in [-0.2, 0) is 18.4 Å². The molecule has 230 valence electrons. The topological polar surface area (TPSA) is 103 Å². The molecule has 2 aromatic carbocycles. The third-order valence-electron chi connectivity index (χ3n) is 8.85. The van der Waals surface area contributed by atoms with E-state index in [-0.39, 0.29) is 35.6 Å². The number of fused-ring (bicyclic) bond motifs is 2. The molecule has 2 bridgehead atoms. The molecule has 0 amide bonds. The molecular weight excluding hydrogens is 577 g/mol. The SMILES string of the molecule is Cn1nc(-c2ccc(N3[C@@H]4CC[C@H]3C[C@@H](OCc3c(-c5ccccc5OC(F)(F)F)noc3C3CC3)C4)cc2)cc1C(=O)O. The van der Waals surface area contributed by atoms with Crippen molar-refractivity contribution in [3.8, 4) is 28.3 Å². The van der Waals surface area contributed by atoms with Gasteiger partial charge in [0.25, 0.3) is 0 Å². The minimum atomic E-state index is -4.83. The summed E-state index contributed by atoms with van der Waals surface area (Å²) in [5, 5.41) is 17.9. The van der Waals surface area contributed by atoms with E-state index in [2.05, 4.69) is 32.0 Å². The molecule has 12 heteroatoms. The number of alkyl halides is 3. The first kappa shape index (κ1) is 28.5. The average Bonchev–Trinajstić information content (AvgIpc) is 3.53. The van der Waals surface area contributed by atoms with E-state index >= 15 is 0 Å². The van der Waals surface area contributed by atoms with E-state index in [1.54, 1.807) is 25.2 Å². The molecule has 0 unspecified atom stereocenters. The van der Waals surface area contributed by atoms with Crippen molar-refractivity contribution in [3.63, 3.8) is 0 Å². The number of benzene rings is 2. The van der Waals surface area contributed by atoms with Gasteiger partial charge in [-0.1, -0.05) is 29.4 Å². The molecule has 2 aromatic heterocycles. The van der Waals surface area contributed by atoms with Gasteiger partial charge in [0.1, 0.15) is 22.9 Å². The lowest BCUT2D eigenvalue weighted by Crippen LogP contribution is -2.45. The van der Waals surface area contributed by atoms with Crippen LogP contribution in [0.1, 0.15) is 66.3 Å². The number of piperidine rings is 1. The standard InChI is InChI=1S/C32H31F3N4O5/c1-38-27(31(40)41)16-26(36-38)18-8-10-20(11-9-18)39-21-12-13-22(39)15-23(14-21)42-17-25-29(37-44-30(25)19-6-7-19)24-4-2-3-5-28(24)43-32(33,34)35/h2-5,8-11,16,19,21-23H,6-7,12-15,17H2,1H3,(H,40,41)/t21-,22+,23+. The summed E-state index contributed by atoms with van der Waals surface area (Å²) < 4.78 is 57.2. The molecule has 3 atom stereocenters. The second-order valence-corrected chi connectivity index (χ2v) is 11.8. The molecule has 7 rings (SSSR count). The number of anilines is 1. The average molecular weight is 609 g/mol. The van der Waals surface area contributed by atoms with Crippen LogP contribution in [0.15, 0.2) is 59.1 Å². The Balaban J connectivity index is 1.06. The van der Waals surface area contributed by atoms with Gasteiger partial charge in [0.15, 0.2) is 0 Å². The highest BCUT2D eigenvalue weighted by Crippen LogP contribution is 2.46. The quantitative estimate of drug-likeness (QED) is 0.218. The Morgan fingerprint density at radius 3 is 2.39 bits per heavy atom. The number of hydrogen-bond acceptors (Lipinski definition) is 7. The van der Waals surface area contributed by atoms with Gasteiger partial charge in [-0.2, -0.15) is 5.10 Å². The first-order valence-corrected chi connectivity index (χ1v) is 14.8. The fourth-order valence-electron chi connectivity index (χ4n) is 6.71. The number of hydrogen-bond donors (Lipinski definition) is 1. The second kappa shape index (κ2) is 11.0. The summed E-state index contributed by atoms with van der Waals surface area (Å²) in [4.78, 5) is 13.9. The number of halogens is 3. The normalized spacial score (nSPS) is 21.5. The van der Waals surface area contributed by atoms with Crippen LogP contribution in [0.2, 0.25) is 0 Å². The zero-order valence-electron chi connectivity index (χ0n) is 24.0. The molecule has 0 spiro atoms. The maximum atomic E-state index is 13.1. The Morgan fingerprint density at radius 1 is 1.05 bits per heavy atom. The van der Waals surface area contributed by atoms with Crippen LogP contribution in [-0.4, -0.2) is 50.6 Å². The molecule has 2 aliphatic heterocycles. The van der Waals surface area contributed by atoms with Crippen molar-refractivity contribution in [2.75, 3.05) is 4.90 Å². The van der Waals surface area contributed by atoms with Crippen LogP contribution < -0.4 is 9.64 Å². The van der Waals surface area contributed by atoms with Crippen molar-refractivity contribution in [2.45, 2.75) is 75.6 Å². The number of para-hydroxylation sites is 1. The summed E-state index contributed by atoms with van der Waals surface area (Å²) in [6.07, 6.45) is 0.801. The maximum absolute atomic E-state index is 13.1. The predicted molar refractivity (Wildman–Crippen MR) is 153 cm³/mol. The van der Waals surface area contributed by atoms with Crippen LogP contribution in [0, 0.1) is 0 Å². The molecule has 1 N–H and O–H groups in total. The number of rotatable bonds is 9. The van der Waals surface area contributed by atoms with Gasteiger partial charge < -0.3 is 24.0 Å². The number of aromatic carboxylic acids is 1. The van der Waals surface area contributed by atoms with Crippen LogP contribution in [0.5, 0.6) is 5.75 Å². The first-order valence-electron chi connectivity index (χ1n) is 14.8. The summed E-state index contributed by atoms with van der Waals surface area (Å²) in [5.41, 5.74) is 3.94. The molecule has 2 saturated heterocycles. The molecule has 1 aliphatic carbocycles. The zero-order chi connectivity index (χ0) is 30.6. The lowest BCUT2D eigenvalue weighted by molar-refractivity contribution is -0.274. The van der Waals surface area contributed by atoms with Gasteiger partial charge in [0.05, 0.1) is 18.4 Å². The van der Waals surface area contributed by atoms with E-state index in [0.717, 1.165) is 49.8 Å². The summed E-state index contributed by atoms with van der Waals surface area (Å²) in [7, 11) is 1.61. The van der Waals surface area contributed by atoms with Gasteiger partial charge in [-0.3, -0.25) is 4.68 Å². The van der Waals surface area contributed by atoms with Gasteiger partial charge in [-0.15, -0.1) is 13.2 Å². The first-order chi connectivity index (χ1) is 21.1. The summed E-state index contributed by atoms with van der Waals surface area (Å²) >= 11 is 0. The number of aromatic nitrogens is 3. The van der Waals surface area contributed by atoms with Gasteiger partial charge >= 0.3 is 12.3 Å². The van der Waals surface area contributed by atoms with E-state index in [0.29, 0.717) is 34.8 Å². The molecule has 3 aliphatic rings. The molecule has 1 saturated carbocycles. The number of ether oxygens (including phenoxy) is 2. The van der Waals surface area contributed by atoms with Crippen LogP contribution in [0.3, 0.4) is 0 Å². The fraction of sp³-hybridized carbons (Fsp3) is 0.406. The van der Waals surface area contributed by atoms with Crippen molar-refractivity contribution in [1.82, 2.24) is 14.9 Å². The number of carboxylic acid groups (broad SMARTS) is 1. The van der Waals surface area contributed by atoms with Crippen molar-refractivity contribution in [2.24, 2.45) is 7.05 Å². The number of nitrogens with zero attached hydrogens (tertiary/aromatic N) is 4. The maximum Gasteiger partial charge on any atom is 0.573 e. The van der Waals surface area contributed by atoms with Gasteiger partial charge in [-0.25, -0.2) is 4.79 Å². The van der Waals surface area contributed by atoms with Crippen molar-refractivity contribution < 1.29 is 37.1 Å². The highest BCUT2D eigenvalue weighted by atomic mass is 19.4. The number of carboxylic acids is 1. The third kappa shape index (κ3) is 5.54. The highest BCUT2D eigenvalue weighted by Gasteiger charge is 2.42. The Labute approximate surface area is 251 Å². The monoisotopic (exact) mass is 608 g/mol. The minimum Gasteiger partial charge on any atom is -0.477 e. The zero-order valence-corrected chi connectivity index (χ0v) is 24.0. The van der Waals surface area contributed by atoms with Crippen LogP contribution >= 0.6 is 0 Å². The van der Waals surface area contributed by atoms with Gasteiger partial charge in [-0.05, 0) is 68.9 Å². The van der Waals surface area contributed by atoms with Crippen LogP contribution in [0.4, 0.5) is 18.9 Å². The molecule has 9 nitrogen and oxygen atoms in total. The van der Waals surface area contributed by atoms with Crippen LogP contribution in [0.25, 0.3) is 22.5 Å². The smallest absolute Gasteiger partial charge is 0.477 e. The largest absolute Gasteiger partial charge is 0.573 e. The second-order valence-electron chi connectivity index (χ2n) is 11.8. The Kier molecular flexibility index (Phi) is 7.11. The van der Waals surface area contributed by atoms with E-state index in [1.807, 2.05) is 12.1 Å². The molecule has 44 heavy (non-hydrogen) atoms. The summed E-state index contributed by atoms with van der Waals surface area (Å²) in [6.45, 7) is 0.201. The number of aryl methyl sites for hydroxylation is 1. The molecule has 3 fully saturated rings. The number of carbonyl (C=O) groups is 1. The van der Waals surface area contributed by atoms with Crippen molar-refractivity contribution in [3.05, 3.63) is 71.6 Å². The predicted octanol–water partition coefficient (Wildman–Crippen LogP) is 6.93. The van der Waals surface area contributed by atoms with E-state index < -0.39 is 12.3 Å². The van der Waals surface area contributed by atoms with Gasteiger partial charge in [0, 0.05) is 47.4 Å².